The van der Waals surface area contributed by atoms with E-state index in [-0.39, 0.29) is 5.91 Å². The zero-order chi connectivity index (χ0) is 20.5. The summed E-state index contributed by atoms with van der Waals surface area (Å²) in [7, 11) is 0. The normalized spacial score (nSPS) is 15.7. The molecule has 3 heterocycles. The van der Waals surface area contributed by atoms with Gasteiger partial charge in [0.05, 0.1) is 17.1 Å². The van der Waals surface area contributed by atoms with Crippen LogP contribution in [0.1, 0.15) is 17.2 Å². The second-order valence-electron chi connectivity index (χ2n) is 6.76. The van der Waals surface area contributed by atoms with E-state index in [2.05, 4.69) is 30.9 Å². The number of H-pyrrole nitrogens is 1. The number of amides is 1. The Labute approximate surface area is 171 Å². The molecule has 146 valence electrons. The number of aliphatic imine (C=N–C) groups is 1. The third kappa shape index (κ3) is 3.18. The molecule has 2 aromatic heterocycles. The predicted molar refractivity (Wildman–Crippen MR) is 112 cm³/mol. The topological polar surface area (TPSA) is 135 Å². The average molecular weight is 396 g/mol. The highest BCUT2D eigenvalue weighted by atomic mass is 16.2. The number of nitrogen functional groups attached to an aromatic ring is 1. The lowest BCUT2D eigenvalue weighted by Gasteiger charge is -2.13. The standard InChI is InChI=1S/C21H16N8O/c22-13-6-9-15-17(11-13)25-21(30)18(15)19(16-3-1-2-10-23-16)24-14-7-4-12(5-8-14)20-26-28-29-27-20/h1-11,18H,22H2,(H,25,30)(H,26,27,28,29). The van der Waals surface area contributed by atoms with E-state index in [1.807, 2.05) is 48.5 Å². The van der Waals surface area contributed by atoms with E-state index >= 15 is 0 Å². The molecular weight excluding hydrogens is 380 g/mol. The minimum atomic E-state index is -0.590. The van der Waals surface area contributed by atoms with Crippen molar-refractivity contribution in [3.8, 4) is 11.4 Å². The average Bonchev–Trinajstić information content (AvgIpc) is 3.41. The van der Waals surface area contributed by atoms with E-state index in [1.165, 1.54) is 0 Å². The Kier molecular flexibility index (Phi) is 4.25. The molecule has 30 heavy (non-hydrogen) atoms. The number of aromatic amines is 1. The number of nitrogens with two attached hydrogens (primary N) is 1. The quantitative estimate of drug-likeness (QED) is 0.358. The SMILES string of the molecule is Nc1ccc2c(c1)NC(=O)C2C(=Nc1ccc(-c2nn[nH]n2)cc1)c1ccccn1. The maximum Gasteiger partial charge on any atom is 0.238 e. The molecule has 1 amide bonds. The Morgan fingerprint density at radius 1 is 1.07 bits per heavy atom. The Hall–Kier alpha value is -4.40. The van der Waals surface area contributed by atoms with Crippen LogP contribution in [0.5, 0.6) is 0 Å². The molecule has 1 unspecified atom stereocenters. The predicted octanol–water partition coefficient (Wildman–Crippen LogP) is 2.70. The summed E-state index contributed by atoms with van der Waals surface area (Å²) < 4.78 is 0. The van der Waals surface area contributed by atoms with Crippen LogP contribution in [0.15, 0.2) is 71.9 Å². The molecule has 1 aliphatic rings. The molecule has 0 saturated carbocycles. The minimum absolute atomic E-state index is 0.163. The van der Waals surface area contributed by atoms with Crippen LogP contribution in [0.25, 0.3) is 11.4 Å². The molecule has 5 rings (SSSR count). The first kappa shape index (κ1) is 17.7. The molecule has 2 aromatic carbocycles. The number of aromatic nitrogens is 5. The fourth-order valence-corrected chi connectivity index (χ4v) is 3.44. The van der Waals surface area contributed by atoms with Gasteiger partial charge in [-0.15, -0.1) is 10.2 Å². The van der Waals surface area contributed by atoms with Crippen molar-refractivity contribution in [3.05, 3.63) is 78.1 Å². The van der Waals surface area contributed by atoms with Crippen molar-refractivity contribution in [1.82, 2.24) is 25.6 Å². The molecule has 1 atom stereocenters. The number of tetrazole rings is 1. The number of carbonyl (C=O) groups is 1. The monoisotopic (exact) mass is 396 g/mol. The highest BCUT2D eigenvalue weighted by Gasteiger charge is 2.36. The van der Waals surface area contributed by atoms with Crippen molar-refractivity contribution in [3.63, 3.8) is 0 Å². The Morgan fingerprint density at radius 3 is 2.67 bits per heavy atom. The minimum Gasteiger partial charge on any atom is -0.399 e. The van der Waals surface area contributed by atoms with Crippen molar-refractivity contribution in [2.24, 2.45) is 4.99 Å². The highest BCUT2D eigenvalue weighted by molar-refractivity contribution is 6.23. The molecular formula is C21H16N8O. The number of hydrogen-bond acceptors (Lipinski definition) is 7. The van der Waals surface area contributed by atoms with Gasteiger partial charge in [-0.05, 0) is 59.3 Å². The first-order valence-corrected chi connectivity index (χ1v) is 9.23. The molecule has 0 aliphatic carbocycles. The lowest BCUT2D eigenvalue weighted by Crippen LogP contribution is -2.22. The maximum atomic E-state index is 12.9. The lowest BCUT2D eigenvalue weighted by atomic mass is 9.92. The van der Waals surface area contributed by atoms with Crippen molar-refractivity contribution >= 4 is 28.7 Å². The van der Waals surface area contributed by atoms with Gasteiger partial charge < -0.3 is 11.1 Å². The Balaban J connectivity index is 1.60. The lowest BCUT2D eigenvalue weighted by molar-refractivity contribution is -0.115. The van der Waals surface area contributed by atoms with Gasteiger partial charge in [0.15, 0.2) is 0 Å². The van der Waals surface area contributed by atoms with E-state index in [4.69, 9.17) is 10.7 Å². The van der Waals surface area contributed by atoms with Gasteiger partial charge in [0.2, 0.25) is 11.7 Å². The van der Waals surface area contributed by atoms with Crippen LogP contribution in [0, 0.1) is 0 Å². The molecule has 9 heteroatoms. The van der Waals surface area contributed by atoms with Gasteiger partial charge in [-0.3, -0.25) is 9.78 Å². The van der Waals surface area contributed by atoms with Crippen molar-refractivity contribution < 1.29 is 4.79 Å². The number of nitrogens with zero attached hydrogens (tertiary/aromatic N) is 5. The molecule has 0 fully saturated rings. The zero-order valence-corrected chi connectivity index (χ0v) is 15.6. The van der Waals surface area contributed by atoms with Crippen molar-refractivity contribution in [2.75, 3.05) is 11.1 Å². The van der Waals surface area contributed by atoms with Crippen LogP contribution in [-0.4, -0.2) is 37.2 Å². The first-order chi connectivity index (χ1) is 14.7. The number of benzene rings is 2. The molecule has 9 nitrogen and oxygen atoms in total. The molecule has 4 N–H and O–H groups in total. The summed E-state index contributed by atoms with van der Waals surface area (Å²) in [6, 6.07) is 18.3. The van der Waals surface area contributed by atoms with Crippen molar-refractivity contribution in [1.29, 1.82) is 0 Å². The molecule has 0 spiro atoms. The highest BCUT2D eigenvalue weighted by Crippen LogP contribution is 2.37. The molecule has 1 aliphatic heterocycles. The largest absolute Gasteiger partial charge is 0.399 e. The first-order valence-electron chi connectivity index (χ1n) is 9.23. The Bertz CT molecular complexity index is 1230. The number of pyridine rings is 1. The molecule has 4 aromatic rings. The number of nitrogens with one attached hydrogen (secondary N) is 2. The molecule has 0 saturated heterocycles. The number of rotatable bonds is 4. The summed E-state index contributed by atoms with van der Waals surface area (Å²) >= 11 is 0. The van der Waals surface area contributed by atoms with Gasteiger partial charge >= 0.3 is 0 Å². The van der Waals surface area contributed by atoms with E-state index < -0.39 is 5.92 Å². The second-order valence-corrected chi connectivity index (χ2v) is 6.76. The third-order valence-corrected chi connectivity index (χ3v) is 4.83. The number of carbonyl (C=O) groups excluding carboxylic acids is 1. The van der Waals surface area contributed by atoms with Gasteiger partial charge in [-0.2, -0.15) is 5.21 Å². The maximum absolute atomic E-state index is 12.9. The van der Waals surface area contributed by atoms with Crippen LogP contribution < -0.4 is 11.1 Å². The third-order valence-electron chi connectivity index (χ3n) is 4.83. The van der Waals surface area contributed by atoms with Crippen LogP contribution in [0.2, 0.25) is 0 Å². The number of fused-ring (bicyclic) bond motifs is 1. The summed E-state index contributed by atoms with van der Waals surface area (Å²) in [5.74, 6) is -0.257. The van der Waals surface area contributed by atoms with Gasteiger partial charge in [0.25, 0.3) is 0 Å². The van der Waals surface area contributed by atoms with Crippen LogP contribution in [0.4, 0.5) is 17.1 Å². The zero-order valence-electron chi connectivity index (χ0n) is 15.6. The Morgan fingerprint density at radius 2 is 1.93 bits per heavy atom. The molecule has 0 radical (unpaired) electrons. The van der Waals surface area contributed by atoms with Gasteiger partial charge in [-0.1, -0.05) is 12.1 Å². The van der Waals surface area contributed by atoms with Crippen LogP contribution in [-0.2, 0) is 4.79 Å². The fourth-order valence-electron chi connectivity index (χ4n) is 3.44. The van der Waals surface area contributed by atoms with E-state index in [0.717, 1.165) is 11.1 Å². The van der Waals surface area contributed by atoms with Crippen molar-refractivity contribution in [2.45, 2.75) is 5.92 Å². The summed E-state index contributed by atoms with van der Waals surface area (Å²) in [5.41, 5.74) is 10.7. The second kappa shape index (κ2) is 7.21. The van der Waals surface area contributed by atoms with Gasteiger partial charge in [0, 0.05) is 23.1 Å². The van der Waals surface area contributed by atoms with E-state index in [1.54, 1.807) is 18.3 Å². The van der Waals surface area contributed by atoms with Gasteiger partial charge in [0.1, 0.15) is 5.92 Å². The molecule has 0 bridgehead atoms. The summed E-state index contributed by atoms with van der Waals surface area (Å²) in [4.78, 5) is 22.1. The summed E-state index contributed by atoms with van der Waals surface area (Å²) in [6.45, 7) is 0. The summed E-state index contributed by atoms with van der Waals surface area (Å²) in [6.07, 6.45) is 1.68. The summed E-state index contributed by atoms with van der Waals surface area (Å²) in [5, 5.41) is 16.8. The smallest absolute Gasteiger partial charge is 0.238 e. The van der Waals surface area contributed by atoms with Crippen LogP contribution in [0.3, 0.4) is 0 Å². The van der Waals surface area contributed by atoms with E-state index in [0.29, 0.717) is 34.3 Å². The number of hydrogen-bond donors (Lipinski definition) is 3. The van der Waals surface area contributed by atoms with E-state index in [9.17, 15) is 4.79 Å². The number of anilines is 2. The van der Waals surface area contributed by atoms with Gasteiger partial charge in [-0.25, -0.2) is 4.99 Å². The van der Waals surface area contributed by atoms with Crippen LogP contribution >= 0.6 is 0 Å². The fraction of sp³-hybridized carbons (Fsp3) is 0.0476.